The Bertz CT molecular complexity index is 816. The summed E-state index contributed by atoms with van der Waals surface area (Å²) in [5.74, 6) is -2.12. The van der Waals surface area contributed by atoms with Gasteiger partial charge in [0.25, 0.3) is 0 Å². The van der Waals surface area contributed by atoms with Crippen LogP contribution in [-0.4, -0.2) is 27.9 Å². The molecular weight excluding hydrogens is 354 g/mol. The molecule has 26 heavy (non-hydrogen) atoms. The van der Waals surface area contributed by atoms with Crippen LogP contribution in [0.5, 0.6) is 0 Å². The van der Waals surface area contributed by atoms with Gasteiger partial charge in [0.2, 0.25) is 11.8 Å². The summed E-state index contributed by atoms with van der Waals surface area (Å²) in [4.78, 5) is 39.1. The number of nitrogens with one attached hydrogen (secondary N) is 2. The number of aliphatic carboxylic acids is 1. The van der Waals surface area contributed by atoms with E-state index in [0.29, 0.717) is 22.1 Å². The molecule has 0 aliphatic carbocycles. The fourth-order valence-corrected chi connectivity index (χ4v) is 2.81. The molecule has 1 aromatic carbocycles. The van der Waals surface area contributed by atoms with Crippen LogP contribution in [0.2, 0.25) is 0 Å². The molecule has 0 aliphatic rings. The number of carbonyl (C=O) groups excluding carboxylic acids is 2. The molecule has 2 rings (SSSR count). The highest BCUT2D eigenvalue weighted by atomic mass is 32.1. The van der Waals surface area contributed by atoms with E-state index in [4.69, 9.17) is 5.11 Å². The van der Waals surface area contributed by atoms with Gasteiger partial charge in [0.15, 0.2) is 5.13 Å². The molecule has 0 aliphatic heterocycles. The third kappa shape index (κ3) is 5.38. The Balaban J connectivity index is 1.97. The van der Waals surface area contributed by atoms with Gasteiger partial charge < -0.3 is 15.7 Å². The highest BCUT2D eigenvalue weighted by Gasteiger charge is 2.15. The van der Waals surface area contributed by atoms with Crippen molar-refractivity contribution in [3.8, 4) is 0 Å². The summed E-state index contributed by atoms with van der Waals surface area (Å²) in [6.45, 7) is 5.17. The van der Waals surface area contributed by atoms with Crippen molar-refractivity contribution in [3.63, 3.8) is 0 Å². The molecule has 1 heterocycles. The van der Waals surface area contributed by atoms with Crippen molar-refractivity contribution in [1.29, 1.82) is 0 Å². The first kappa shape index (κ1) is 19.6. The number of carboxylic acids is 1. The van der Waals surface area contributed by atoms with Crippen LogP contribution in [0, 0.1) is 5.92 Å². The van der Waals surface area contributed by atoms with Gasteiger partial charge in [-0.3, -0.25) is 14.4 Å². The molecule has 2 aromatic rings. The van der Waals surface area contributed by atoms with Crippen molar-refractivity contribution in [2.45, 2.75) is 33.1 Å². The summed E-state index contributed by atoms with van der Waals surface area (Å²) >= 11 is 1.26. The first-order valence-corrected chi connectivity index (χ1v) is 9.02. The second kappa shape index (κ2) is 8.57. The molecule has 8 heteroatoms. The number of carboxylic acid groups (broad SMARTS) is 1. The number of anilines is 2. The van der Waals surface area contributed by atoms with Crippen molar-refractivity contribution in [2.75, 3.05) is 10.6 Å². The maximum atomic E-state index is 12.2. The van der Waals surface area contributed by atoms with Crippen LogP contribution in [0.1, 0.15) is 37.9 Å². The summed E-state index contributed by atoms with van der Waals surface area (Å²) in [5, 5.41) is 16.7. The van der Waals surface area contributed by atoms with E-state index in [2.05, 4.69) is 15.6 Å². The van der Waals surface area contributed by atoms with E-state index >= 15 is 0 Å². The molecule has 0 radical (unpaired) electrons. The molecule has 138 valence electrons. The first-order chi connectivity index (χ1) is 12.3. The zero-order chi connectivity index (χ0) is 19.3. The highest BCUT2D eigenvalue weighted by molar-refractivity contribution is 7.13. The van der Waals surface area contributed by atoms with E-state index in [9.17, 15) is 14.4 Å². The smallest absolute Gasteiger partial charge is 0.310 e. The zero-order valence-corrected chi connectivity index (χ0v) is 15.6. The predicted molar refractivity (Wildman–Crippen MR) is 100 cm³/mol. The number of benzene rings is 1. The summed E-state index contributed by atoms with van der Waals surface area (Å²) in [5.41, 5.74) is 1.70. The lowest BCUT2D eigenvalue weighted by molar-refractivity contribution is -0.138. The lowest BCUT2D eigenvalue weighted by Gasteiger charge is -2.09. The van der Waals surface area contributed by atoms with Gasteiger partial charge in [0.05, 0.1) is 18.0 Å². The highest BCUT2D eigenvalue weighted by Crippen LogP contribution is 2.20. The molecule has 3 N–H and O–H groups in total. The van der Waals surface area contributed by atoms with Gasteiger partial charge >= 0.3 is 5.97 Å². The summed E-state index contributed by atoms with van der Waals surface area (Å²) in [7, 11) is 0. The number of aromatic nitrogens is 1. The molecule has 0 saturated heterocycles. The number of hydrogen-bond donors (Lipinski definition) is 3. The number of thiazole rings is 1. The number of hydrogen-bond acceptors (Lipinski definition) is 5. The van der Waals surface area contributed by atoms with E-state index in [-0.39, 0.29) is 24.2 Å². The fraction of sp³-hybridized carbons (Fsp3) is 0.333. The topological polar surface area (TPSA) is 108 Å². The fourth-order valence-electron chi connectivity index (χ4n) is 2.09. The molecular formula is C18H21N3O4S. The molecule has 2 amide bonds. The molecule has 1 unspecified atom stereocenters. The minimum atomic E-state index is -0.924. The Morgan fingerprint density at radius 2 is 1.92 bits per heavy atom. The van der Waals surface area contributed by atoms with E-state index in [1.54, 1.807) is 50.4 Å². The van der Waals surface area contributed by atoms with Crippen molar-refractivity contribution in [2.24, 2.45) is 5.92 Å². The second-order valence-corrected chi connectivity index (χ2v) is 7.06. The molecule has 0 spiro atoms. The van der Waals surface area contributed by atoms with Crippen LogP contribution in [0.25, 0.3) is 0 Å². The van der Waals surface area contributed by atoms with Crippen LogP contribution in [0.15, 0.2) is 29.6 Å². The van der Waals surface area contributed by atoms with Crippen LogP contribution in [0.3, 0.4) is 0 Å². The predicted octanol–water partition coefficient (Wildman–Crippen LogP) is 3.11. The first-order valence-electron chi connectivity index (χ1n) is 8.14. The van der Waals surface area contributed by atoms with Gasteiger partial charge in [-0.05, 0) is 24.6 Å². The Morgan fingerprint density at radius 3 is 2.58 bits per heavy atom. The molecule has 0 saturated carbocycles. The van der Waals surface area contributed by atoms with E-state index in [1.165, 1.54) is 11.3 Å². The zero-order valence-electron chi connectivity index (χ0n) is 14.8. The lowest BCUT2D eigenvalue weighted by Crippen LogP contribution is -2.18. The van der Waals surface area contributed by atoms with E-state index < -0.39 is 11.9 Å². The maximum Gasteiger partial charge on any atom is 0.310 e. The largest absolute Gasteiger partial charge is 0.481 e. The number of rotatable bonds is 7. The van der Waals surface area contributed by atoms with Gasteiger partial charge in [0.1, 0.15) is 0 Å². The minimum absolute atomic E-state index is 0.0623. The van der Waals surface area contributed by atoms with Gasteiger partial charge in [-0.25, -0.2) is 4.98 Å². The normalized spacial score (nSPS) is 11.8. The third-order valence-corrected chi connectivity index (χ3v) is 4.50. The number of carbonyl (C=O) groups is 3. The monoisotopic (exact) mass is 375 g/mol. The standard InChI is InChI=1S/C18H21N3O4S/c1-10(2)16(23)21-18-20-14(9-26-18)8-15(22)19-13-6-4-5-12(7-13)11(3)17(24)25/h4-7,9-11H,8H2,1-3H3,(H,19,22)(H,24,25)(H,20,21,23). The van der Waals surface area contributed by atoms with Crippen molar-refractivity contribution >= 4 is 39.9 Å². The SMILES string of the molecule is CC(C)C(=O)Nc1nc(CC(=O)Nc2cccc(C(C)C(=O)O)c2)cs1. The Labute approximate surface area is 155 Å². The summed E-state index contributed by atoms with van der Waals surface area (Å²) in [6, 6.07) is 6.75. The van der Waals surface area contributed by atoms with Crippen LogP contribution in [0.4, 0.5) is 10.8 Å². The third-order valence-electron chi connectivity index (χ3n) is 3.69. The van der Waals surface area contributed by atoms with E-state index in [1.807, 2.05) is 0 Å². The molecule has 1 aromatic heterocycles. The Morgan fingerprint density at radius 1 is 1.19 bits per heavy atom. The maximum absolute atomic E-state index is 12.2. The minimum Gasteiger partial charge on any atom is -0.481 e. The molecule has 0 fully saturated rings. The summed E-state index contributed by atoms with van der Waals surface area (Å²) < 4.78 is 0. The van der Waals surface area contributed by atoms with Crippen LogP contribution < -0.4 is 10.6 Å². The van der Waals surface area contributed by atoms with Crippen LogP contribution >= 0.6 is 11.3 Å². The Hall–Kier alpha value is -2.74. The van der Waals surface area contributed by atoms with Crippen molar-refractivity contribution < 1.29 is 19.5 Å². The van der Waals surface area contributed by atoms with Crippen molar-refractivity contribution in [1.82, 2.24) is 4.98 Å². The number of nitrogens with zero attached hydrogens (tertiary/aromatic N) is 1. The van der Waals surface area contributed by atoms with Gasteiger partial charge in [0, 0.05) is 17.0 Å². The quantitative estimate of drug-likeness (QED) is 0.689. The van der Waals surface area contributed by atoms with Crippen LogP contribution in [-0.2, 0) is 20.8 Å². The Kier molecular flexibility index (Phi) is 6.46. The summed E-state index contributed by atoms with van der Waals surface area (Å²) in [6.07, 6.45) is 0.0623. The average Bonchev–Trinajstić information content (AvgIpc) is 3.00. The molecule has 1 atom stereocenters. The number of amides is 2. The lowest BCUT2D eigenvalue weighted by atomic mass is 10.0. The molecule has 0 bridgehead atoms. The van der Waals surface area contributed by atoms with E-state index in [0.717, 1.165) is 0 Å². The van der Waals surface area contributed by atoms with Gasteiger partial charge in [-0.2, -0.15) is 0 Å². The second-order valence-electron chi connectivity index (χ2n) is 6.20. The molecule has 7 nitrogen and oxygen atoms in total. The average molecular weight is 375 g/mol. The van der Waals surface area contributed by atoms with Crippen molar-refractivity contribution in [3.05, 3.63) is 40.9 Å². The van der Waals surface area contributed by atoms with Gasteiger partial charge in [-0.15, -0.1) is 11.3 Å². The van der Waals surface area contributed by atoms with Gasteiger partial charge in [-0.1, -0.05) is 26.0 Å².